The van der Waals surface area contributed by atoms with Crippen LogP contribution in [0.15, 0.2) is 6.20 Å². The van der Waals surface area contributed by atoms with Gasteiger partial charge in [-0.25, -0.2) is 4.98 Å². The molecule has 0 saturated heterocycles. The fourth-order valence-electron chi connectivity index (χ4n) is 1.56. The number of aromatic nitrogens is 2. The van der Waals surface area contributed by atoms with E-state index >= 15 is 0 Å². The summed E-state index contributed by atoms with van der Waals surface area (Å²) in [7, 11) is 0. The largest absolute Gasteiger partial charge is 0.396 e. The third-order valence-corrected chi connectivity index (χ3v) is 2.63. The molecule has 0 aromatic carbocycles. The van der Waals surface area contributed by atoms with Gasteiger partial charge in [0.2, 0.25) is 5.95 Å². The summed E-state index contributed by atoms with van der Waals surface area (Å²) in [6.45, 7) is 6.16. The lowest BCUT2D eigenvalue weighted by atomic mass is 10.2. The molecule has 3 N–H and O–H groups in total. The van der Waals surface area contributed by atoms with Gasteiger partial charge in [0, 0.05) is 31.5 Å². The Morgan fingerprint density at radius 3 is 2.72 bits per heavy atom. The molecule has 0 atom stereocenters. The van der Waals surface area contributed by atoms with Crippen LogP contribution in [0.3, 0.4) is 0 Å². The summed E-state index contributed by atoms with van der Waals surface area (Å²) in [4.78, 5) is 8.68. The number of aryl methyl sites for hydroxylation is 1. The molecule has 0 unspecified atom stereocenters. The molecule has 102 valence electrons. The van der Waals surface area contributed by atoms with Crippen LogP contribution in [0.25, 0.3) is 0 Å². The Bertz CT molecular complexity index is 344. The molecule has 0 radical (unpaired) electrons. The predicted octanol–water partition coefficient (Wildman–Crippen LogP) is 2.18. The van der Waals surface area contributed by atoms with Crippen LogP contribution >= 0.6 is 0 Å². The van der Waals surface area contributed by atoms with E-state index in [0.29, 0.717) is 5.95 Å². The van der Waals surface area contributed by atoms with Crippen molar-refractivity contribution >= 4 is 11.8 Å². The Hall–Kier alpha value is -1.36. The molecule has 0 amide bonds. The average molecular weight is 252 g/mol. The monoisotopic (exact) mass is 252 g/mol. The second kappa shape index (κ2) is 8.69. The van der Waals surface area contributed by atoms with Crippen molar-refractivity contribution in [3.63, 3.8) is 0 Å². The highest BCUT2D eigenvalue weighted by Crippen LogP contribution is 2.12. The number of anilines is 2. The number of nitrogens with one attached hydrogen (secondary N) is 2. The maximum atomic E-state index is 8.70. The van der Waals surface area contributed by atoms with Crippen LogP contribution in [0.2, 0.25) is 0 Å². The molecule has 0 saturated carbocycles. The minimum atomic E-state index is 0.275. The Morgan fingerprint density at radius 2 is 2.00 bits per heavy atom. The first-order valence-corrected chi connectivity index (χ1v) is 6.70. The fraction of sp³-hybridized carbons (Fsp3) is 0.692. The number of unbranched alkanes of at least 4 members (excludes halogenated alkanes) is 2. The zero-order valence-electron chi connectivity index (χ0n) is 11.4. The van der Waals surface area contributed by atoms with E-state index in [0.717, 1.165) is 50.2 Å². The second-order valence-electron chi connectivity index (χ2n) is 4.36. The van der Waals surface area contributed by atoms with Crippen LogP contribution in [0.1, 0.15) is 38.2 Å². The highest BCUT2D eigenvalue weighted by molar-refractivity contribution is 5.46. The number of hydrogen-bond acceptors (Lipinski definition) is 5. The third kappa shape index (κ3) is 5.31. The molecular weight excluding hydrogens is 228 g/mol. The number of aliphatic hydroxyl groups excluding tert-OH is 1. The first-order valence-electron chi connectivity index (χ1n) is 6.70. The van der Waals surface area contributed by atoms with E-state index in [1.807, 2.05) is 13.1 Å². The Balaban J connectivity index is 2.42. The topological polar surface area (TPSA) is 70.1 Å². The van der Waals surface area contributed by atoms with E-state index in [-0.39, 0.29) is 6.61 Å². The van der Waals surface area contributed by atoms with Gasteiger partial charge in [-0.1, -0.05) is 6.92 Å². The lowest BCUT2D eigenvalue weighted by molar-refractivity contribution is 0.283. The standard InChI is InChI=1S/C13H24N4O/c1-3-7-15-13-16-10-11(2)12(17-13)14-8-5-4-6-9-18/h10,18H,3-9H2,1-2H3,(H2,14,15,16,17). The molecule has 18 heavy (non-hydrogen) atoms. The number of aliphatic hydroxyl groups is 1. The van der Waals surface area contributed by atoms with Crippen LogP contribution in [0.5, 0.6) is 0 Å². The molecule has 1 rings (SSSR count). The molecule has 0 aliphatic carbocycles. The average Bonchev–Trinajstić information content (AvgIpc) is 2.39. The lowest BCUT2D eigenvalue weighted by Gasteiger charge is -2.10. The number of nitrogens with zero attached hydrogens (tertiary/aromatic N) is 2. The van der Waals surface area contributed by atoms with Crippen molar-refractivity contribution < 1.29 is 5.11 Å². The van der Waals surface area contributed by atoms with E-state index in [1.165, 1.54) is 0 Å². The molecule has 0 fully saturated rings. The van der Waals surface area contributed by atoms with Crippen molar-refractivity contribution in [1.82, 2.24) is 9.97 Å². The Morgan fingerprint density at radius 1 is 1.17 bits per heavy atom. The van der Waals surface area contributed by atoms with Gasteiger partial charge in [0.15, 0.2) is 0 Å². The number of hydrogen-bond donors (Lipinski definition) is 3. The molecular formula is C13H24N4O. The summed E-state index contributed by atoms with van der Waals surface area (Å²) in [5, 5.41) is 15.2. The Kier molecular flexibility index (Phi) is 7.10. The minimum absolute atomic E-state index is 0.275. The van der Waals surface area contributed by atoms with Crippen LogP contribution in [0, 0.1) is 6.92 Å². The summed E-state index contributed by atoms with van der Waals surface area (Å²) in [5.41, 5.74) is 1.05. The van der Waals surface area contributed by atoms with Crippen LogP contribution in [-0.2, 0) is 0 Å². The van der Waals surface area contributed by atoms with Crippen molar-refractivity contribution in [3.05, 3.63) is 11.8 Å². The SMILES string of the molecule is CCCNc1ncc(C)c(NCCCCCO)n1. The molecule has 1 aromatic rings. The first kappa shape index (κ1) is 14.7. The molecule has 0 bridgehead atoms. The fourth-order valence-corrected chi connectivity index (χ4v) is 1.56. The summed E-state index contributed by atoms with van der Waals surface area (Å²) in [6, 6.07) is 0. The third-order valence-electron chi connectivity index (χ3n) is 2.63. The van der Waals surface area contributed by atoms with E-state index < -0.39 is 0 Å². The molecule has 0 aliphatic rings. The van der Waals surface area contributed by atoms with Gasteiger partial charge in [0.1, 0.15) is 5.82 Å². The normalized spacial score (nSPS) is 10.4. The van der Waals surface area contributed by atoms with Crippen molar-refractivity contribution in [2.24, 2.45) is 0 Å². The second-order valence-corrected chi connectivity index (χ2v) is 4.36. The van der Waals surface area contributed by atoms with Crippen LogP contribution in [-0.4, -0.2) is 34.8 Å². The molecule has 1 heterocycles. The van der Waals surface area contributed by atoms with Gasteiger partial charge in [-0.15, -0.1) is 0 Å². The summed E-state index contributed by atoms with van der Waals surface area (Å²) in [5.74, 6) is 1.58. The summed E-state index contributed by atoms with van der Waals surface area (Å²) < 4.78 is 0. The minimum Gasteiger partial charge on any atom is -0.396 e. The van der Waals surface area contributed by atoms with Gasteiger partial charge in [0.25, 0.3) is 0 Å². The van der Waals surface area contributed by atoms with Gasteiger partial charge >= 0.3 is 0 Å². The molecule has 1 aromatic heterocycles. The van der Waals surface area contributed by atoms with E-state index in [4.69, 9.17) is 5.11 Å². The van der Waals surface area contributed by atoms with Gasteiger partial charge < -0.3 is 15.7 Å². The predicted molar refractivity (Wildman–Crippen MR) is 75.0 cm³/mol. The summed E-state index contributed by atoms with van der Waals surface area (Å²) in [6.07, 6.45) is 5.84. The van der Waals surface area contributed by atoms with Gasteiger partial charge in [-0.2, -0.15) is 4.98 Å². The molecule has 0 aliphatic heterocycles. The smallest absolute Gasteiger partial charge is 0.224 e. The van der Waals surface area contributed by atoms with E-state index in [1.54, 1.807) is 0 Å². The van der Waals surface area contributed by atoms with E-state index in [9.17, 15) is 0 Å². The van der Waals surface area contributed by atoms with Gasteiger partial charge in [0.05, 0.1) is 0 Å². The Labute approximate surface area is 109 Å². The van der Waals surface area contributed by atoms with Crippen molar-refractivity contribution in [2.75, 3.05) is 30.3 Å². The first-order chi connectivity index (χ1) is 8.77. The van der Waals surface area contributed by atoms with Crippen molar-refractivity contribution in [1.29, 1.82) is 0 Å². The zero-order valence-corrected chi connectivity index (χ0v) is 11.4. The molecule has 5 heteroatoms. The van der Waals surface area contributed by atoms with Gasteiger partial charge in [-0.05, 0) is 32.6 Å². The van der Waals surface area contributed by atoms with Crippen molar-refractivity contribution in [2.45, 2.75) is 39.5 Å². The van der Waals surface area contributed by atoms with E-state index in [2.05, 4.69) is 27.5 Å². The highest BCUT2D eigenvalue weighted by Gasteiger charge is 2.02. The van der Waals surface area contributed by atoms with Crippen LogP contribution < -0.4 is 10.6 Å². The molecule has 5 nitrogen and oxygen atoms in total. The van der Waals surface area contributed by atoms with Crippen LogP contribution in [0.4, 0.5) is 11.8 Å². The molecule has 0 spiro atoms. The quantitative estimate of drug-likeness (QED) is 0.588. The number of rotatable bonds is 9. The summed E-state index contributed by atoms with van der Waals surface area (Å²) >= 11 is 0. The van der Waals surface area contributed by atoms with Crippen molar-refractivity contribution in [3.8, 4) is 0 Å². The van der Waals surface area contributed by atoms with Gasteiger partial charge in [-0.3, -0.25) is 0 Å². The zero-order chi connectivity index (χ0) is 13.2. The maximum absolute atomic E-state index is 8.70. The lowest BCUT2D eigenvalue weighted by Crippen LogP contribution is -2.09. The maximum Gasteiger partial charge on any atom is 0.224 e. The highest BCUT2D eigenvalue weighted by atomic mass is 16.2.